The standard InChI is InChI=1S/C21H17N5O2/c27-19(28)7-6-15-3-1-5-17(11-15)18-14-26-10-9-23-21(26)20(25-18)24-13-16-4-2-8-22-12-16/h1-12,14H,13H2,(H,24,25)(H,27,28)/b7-6+. The SMILES string of the molecule is O=C(O)/C=C/c1cccc(-c2cn3ccnc3c(NCc3cccnc3)n2)c1. The van der Waals surface area contributed by atoms with Gasteiger partial charge in [0.25, 0.3) is 0 Å². The molecule has 7 heteroatoms. The molecule has 1 aromatic carbocycles. The first-order valence-corrected chi connectivity index (χ1v) is 8.67. The highest BCUT2D eigenvalue weighted by molar-refractivity contribution is 5.85. The lowest BCUT2D eigenvalue weighted by molar-refractivity contribution is -0.131. The summed E-state index contributed by atoms with van der Waals surface area (Å²) in [5, 5.41) is 12.2. The lowest BCUT2D eigenvalue weighted by Gasteiger charge is -2.10. The molecule has 3 aromatic heterocycles. The molecule has 138 valence electrons. The molecule has 4 aromatic rings. The summed E-state index contributed by atoms with van der Waals surface area (Å²) in [4.78, 5) is 24.0. The van der Waals surface area contributed by atoms with Crippen LogP contribution in [0.1, 0.15) is 11.1 Å². The van der Waals surface area contributed by atoms with Crippen LogP contribution in [0.5, 0.6) is 0 Å². The minimum Gasteiger partial charge on any atom is -0.478 e. The van der Waals surface area contributed by atoms with Gasteiger partial charge in [0, 0.05) is 49.2 Å². The van der Waals surface area contributed by atoms with E-state index in [0.29, 0.717) is 12.4 Å². The van der Waals surface area contributed by atoms with Crippen LogP contribution in [0.2, 0.25) is 0 Å². The fourth-order valence-corrected chi connectivity index (χ4v) is 2.85. The predicted octanol–water partition coefficient (Wildman–Crippen LogP) is 3.50. The lowest BCUT2D eigenvalue weighted by atomic mass is 10.1. The summed E-state index contributed by atoms with van der Waals surface area (Å²) >= 11 is 0. The molecule has 3 heterocycles. The summed E-state index contributed by atoms with van der Waals surface area (Å²) in [6, 6.07) is 11.4. The largest absolute Gasteiger partial charge is 0.478 e. The van der Waals surface area contributed by atoms with Gasteiger partial charge in [0.15, 0.2) is 11.5 Å². The van der Waals surface area contributed by atoms with Crippen molar-refractivity contribution in [1.29, 1.82) is 0 Å². The monoisotopic (exact) mass is 371 g/mol. The molecular weight excluding hydrogens is 354 g/mol. The maximum atomic E-state index is 10.8. The van der Waals surface area contributed by atoms with Gasteiger partial charge in [-0.2, -0.15) is 0 Å². The van der Waals surface area contributed by atoms with E-state index in [0.717, 1.165) is 34.1 Å². The van der Waals surface area contributed by atoms with Crippen LogP contribution in [0, 0.1) is 0 Å². The Hall–Kier alpha value is -4.00. The van der Waals surface area contributed by atoms with Gasteiger partial charge in [-0.1, -0.05) is 24.3 Å². The molecule has 28 heavy (non-hydrogen) atoms. The number of pyridine rings is 1. The zero-order valence-electron chi connectivity index (χ0n) is 14.9. The van der Waals surface area contributed by atoms with E-state index in [9.17, 15) is 4.79 Å². The fraction of sp³-hybridized carbons (Fsp3) is 0.0476. The molecule has 0 amide bonds. The molecule has 7 nitrogen and oxygen atoms in total. The molecule has 0 saturated carbocycles. The Morgan fingerprint density at radius 1 is 1.21 bits per heavy atom. The first-order chi connectivity index (χ1) is 13.7. The number of hydrogen-bond acceptors (Lipinski definition) is 5. The Labute approximate surface area is 161 Å². The van der Waals surface area contributed by atoms with Crippen LogP contribution in [0.25, 0.3) is 23.0 Å². The van der Waals surface area contributed by atoms with Crippen LogP contribution in [-0.4, -0.2) is 30.4 Å². The average Bonchev–Trinajstić information content (AvgIpc) is 3.20. The molecule has 0 aliphatic rings. The van der Waals surface area contributed by atoms with Crippen molar-refractivity contribution in [3.63, 3.8) is 0 Å². The second kappa shape index (κ2) is 7.71. The van der Waals surface area contributed by atoms with Crippen molar-refractivity contribution in [3.05, 3.63) is 84.6 Å². The van der Waals surface area contributed by atoms with Gasteiger partial charge in [-0.3, -0.25) is 4.98 Å². The minimum absolute atomic E-state index is 0.578. The number of anilines is 1. The van der Waals surface area contributed by atoms with E-state index in [4.69, 9.17) is 10.1 Å². The van der Waals surface area contributed by atoms with Crippen molar-refractivity contribution < 1.29 is 9.90 Å². The molecule has 0 bridgehead atoms. The smallest absolute Gasteiger partial charge is 0.328 e. The van der Waals surface area contributed by atoms with Crippen molar-refractivity contribution in [2.24, 2.45) is 0 Å². The zero-order chi connectivity index (χ0) is 19.3. The Bertz CT molecular complexity index is 1150. The number of carboxylic acid groups (broad SMARTS) is 1. The van der Waals surface area contributed by atoms with Crippen LogP contribution in [0.4, 0.5) is 5.82 Å². The van der Waals surface area contributed by atoms with Crippen LogP contribution in [0.15, 0.2) is 73.5 Å². The van der Waals surface area contributed by atoms with Gasteiger partial charge >= 0.3 is 5.97 Å². The third-order valence-corrected chi connectivity index (χ3v) is 4.16. The molecule has 4 rings (SSSR count). The van der Waals surface area contributed by atoms with E-state index in [1.54, 1.807) is 24.7 Å². The number of benzene rings is 1. The molecule has 0 aliphatic heterocycles. The quantitative estimate of drug-likeness (QED) is 0.504. The number of fused-ring (bicyclic) bond motifs is 1. The minimum atomic E-state index is -0.981. The van der Waals surface area contributed by atoms with Gasteiger partial charge in [0.05, 0.1) is 5.69 Å². The van der Waals surface area contributed by atoms with E-state index in [1.165, 1.54) is 0 Å². The van der Waals surface area contributed by atoms with Crippen LogP contribution >= 0.6 is 0 Å². The number of nitrogens with zero attached hydrogens (tertiary/aromatic N) is 4. The molecule has 0 radical (unpaired) electrons. The summed E-state index contributed by atoms with van der Waals surface area (Å²) in [5.41, 5.74) is 4.20. The first kappa shape index (κ1) is 17.4. The highest BCUT2D eigenvalue weighted by atomic mass is 16.4. The molecule has 0 unspecified atom stereocenters. The van der Waals surface area contributed by atoms with E-state index in [-0.39, 0.29) is 0 Å². The van der Waals surface area contributed by atoms with Crippen molar-refractivity contribution in [1.82, 2.24) is 19.4 Å². The molecule has 0 aliphatic carbocycles. The Balaban J connectivity index is 1.68. The highest BCUT2D eigenvalue weighted by Crippen LogP contribution is 2.23. The molecular formula is C21H17N5O2. The highest BCUT2D eigenvalue weighted by Gasteiger charge is 2.09. The number of carboxylic acids is 1. The van der Waals surface area contributed by atoms with Crippen molar-refractivity contribution in [3.8, 4) is 11.3 Å². The van der Waals surface area contributed by atoms with Crippen molar-refractivity contribution in [2.75, 3.05) is 5.32 Å². The summed E-state index contributed by atoms with van der Waals surface area (Å²) in [7, 11) is 0. The van der Waals surface area contributed by atoms with Crippen LogP contribution in [-0.2, 0) is 11.3 Å². The molecule has 0 fully saturated rings. The summed E-state index contributed by atoms with van der Waals surface area (Å²) < 4.78 is 1.91. The summed E-state index contributed by atoms with van der Waals surface area (Å²) in [6.07, 6.45) is 11.7. The van der Waals surface area contributed by atoms with Gasteiger partial charge in [-0.15, -0.1) is 0 Å². The summed E-state index contributed by atoms with van der Waals surface area (Å²) in [5.74, 6) is -0.317. The van der Waals surface area contributed by atoms with Crippen molar-refractivity contribution in [2.45, 2.75) is 6.54 Å². The number of aliphatic carboxylic acids is 1. The number of aromatic nitrogens is 4. The van der Waals surface area contributed by atoms with Gasteiger partial charge in [0.1, 0.15) is 0 Å². The number of imidazole rings is 1. The fourth-order valence-electron chi connectivity index (χ4n) is 2.85. The maximum absolute atomic E-state index is 10.8. The van der Waals surface area contributed by atoms with Gasteiger partial charge in [0.2, 0.25) is 0 Å². The third-order valence-electron chi connectivity index (χ3n) is 4.16. The number of carbonyl (C=O) groups is 1. The van der Waals surface area contributed by atoms with Gasteiger partial charge in [-0.25, -0.2) is 14.8 Å². The van der Waals surface area contributed by atoms with Crippen molar-refractivity contribution >= 4 is 23.5 Å². The maximum Gasteiger partial charge on any atom is 0.328 e. The zero-order valence-corrected chi connectivity index (χ0v) is 14.9. The van der Waals surface area contributed by atoms with E-state index >= 15 is 0 Å². The van der Waals surface area contributed by atoms with Crippen LogP contribution < -0.4 is 5.32 Å². The van der Waals surface area contributed by atoms with E-state index in [1.807, 2.05) is 53.2 Å². The molecule has 2 N–H and O–H groups in total. The lowest BCUT2D eigenvalue weighted by Crippen LogP contribution is -2.05. The molecule has 0 spiro atoms. The number of rotatable bonds is 6. The van der Waals surface area contributed by atoms with Gasteiger partial charge in [-0.05, 0) is 29.3 Å². The summed E-state index contributed by atoms with van der Waals surface area (Å²) in [6.45, 7) is 0.578. The van der Waals surface area contributed by atoms with E-state index in [2.05, 4.69) is 15.3 Å². The molecule has 0 saturated heterocycles. The Morgan fingerprint density at radius 3 is 2.96 bits per heavy atom. The third kappa shape index (κ3) is 3.88. The second-order valence-corrected chi connectivity index (χ2v) is 6.14. The second-order valence-electron chi connectivity index (χ2n) is 6.14. The Kier molecular flexibility index (Phi) is 4.79. The Morgan fingerprint density at radius 2 is 2.14 bits per heavy atom. The molecule has 0 atom stereocenters. The van der Waals surface area contributed by atoms with E-state index < -0.39 is 5.97 Å². The topological polar surface area (TPSA) is 92.4 Å². The average molecular weight is 371 g/mol. The first-order valence-electron chi connectivity index (χ1n) is 8.67. The number of nitrogens with one attached hydrogen (secondary N) is 1. The van der Waals surface area contributed by atoms with Crippen LogP contribution in [0.3, 0.4) is 0 Å². The number of hydrogen-bond donors (Lipinski definition) is 2. The predicted molar refractivity (Wildman–Crippen MR) is 107 cm³/mol. The van der Waals surface area contributed by atoms with Gasteiger partial charge < -0.3 is 14.8 Å². The normalized spacial score (nSPS) is 11.1.